The second-order valence-electron chi connectivity index (χ2n) is 3.24. The molecule has 18 heavy (non-hydrogen) atoms. The first-order valence-electron chi connectivity index (χ1n) is 4.89. The van der Waals surface area contributed by atoms with Gasteiger partial charge in [-0.2, -0.15) is 5.26 Å². The topological polar surface area (TPSA) is 96.8 Å². The van der Waals surface area contributed by atoms with Crippen molar-refractivity contribution in [3.8, 4) is 17.7 Å². The number of nitriles is 1. The summed E-state index contributed by atoms with van der Waals surface area (Å²) in [6.07, 6.45) is 1.25. The van der Waals surface area contributed by atoms with Crippen LogP contribution in [0.1, 0.15) is 5.56 Å². The number of anilines is 1. The molecular weight excluding hydrogens is 237 g/mol. The fraction of sp³-hybridized carbons (Fsp3) is 0. The van der Waals surface area contributed by atoms with Crippen LogP contribution in [0.2, 0.25) is 0 Å². The van der Waals surface area contributed by atoms with E-state index in [1.54, 1.807) is 6.07 Å². The number of benzene rings is 1. The normalized spacial score (nSPS) is 9.61. The van der Waals surface area contributed by atoms with Crippen molar-refractivity contribution in [2.24, 2.45) is 5.84 Å². The Bertz CT molecular complexity index is 611. The highest BCUT2D eigenvalue weighted by Gasteiger charge is 2.05. The van der Waals surface area contributed by atoms with Gasteiger partial charge in [-0.05, 0) is 12.1 Å². The maximum atomic E-state index is 13.3. The van der Waals surface area contributed by atoms with Gasteiger partial charge in [0.15, 0.2) is 0 Å². The van der Waals surface area contributed by atoms with Gasteiger partial charge in [-0.15, -0.1) is 0 Å². The van der Waals surface area contributed by atoms with E-state index in [0.717, 1.165) is 6.07 Å². The monoisotopic (exact) mass is 245 g/mol. The lowest BCUT2D eigenvalue weighted by molar-refractivity contribution is 0.457. The number of aromatic nitrogens is 2. The van der Waals surface area contributed by atoms with E-state index in [-0.39, 0.29) is 17.2 Å². The zero-order valence-corrected chi connectivity index (χ0v) is 9.09. The predicted molar refractivity (Wildman–Crippen MR) is 61.0 cm³/mol. The van der Waals surface area contributed by atoms with Crippen molar-refractivity contribution in [2.75, 3.05) is 5.43 Å². The molecule has 2 rings (SSSR count). The number of halogens is 1. The SMILES string of the molecule is N#Cc1ccc(Oc2cc(NN)ncn2)cc1F. The third-order valence-electron chi connectivity index (χ3n) is 2.07. The first-order chi connectivity index (χ1) is 8.72. The second kappa shape index (κ2) is 5.07. The highest BCUT2D eigenvalue weighted by Crippen LogP contribution is 2.22. The molecule has 0 aliphatic heterocycles. The van der Waals surface area contributed by atoms with Crippen LogP contribution in [0.4, 0.5) is 10.2 Å². The molecule has 1 aromatic carbocycles. The van der Waals surface area contributed by atoms with Crippen molar-refractivity contribution in [3.63, 3.8) is 0 Å². The van der Waals surface area contributed by atoms with E-state index in [2.05, 4.69) is 15.4 Å². The molecule has 0 spiro atoms. The summed E-state index contributed by atoms with van der Waals surface area (Å²) in [5, 5.41) is 8.59. The molecule has 7 heteroatoms. The van der Waals surface area contributed by atoms with Crippen molar-refractivity contribution in [2.45, 2.75) is 0 Å². The van der Waals surface area contributed by atoms with Crippen LogP contribution in [0.5, 0.6) is 11.6 Å². The van der Waals surface area contributed by atoms with Crippen LogP contribution in [0.15, 0.2) is 30.6 Å². The van der Waals surface area contributed by atoms with Crippen LogP contribution >= 0.6 is 0 Å². The van der Waals surface area contributed by atoms with Crippen molar-refractivity contribution in [3.05, 3.63) is 42.0 Å². The minimum atomic E-state index is -0.652. The summed E-state index contributed by atoms with van der Waals surface area (Å²) < 4.78 is 18.6. The molecule has 0 unspecified atom stereocenters. The maximum absolute atomic E-state index is 13.3. The van der Waals surface area contributed by atoms with E-state index >= 15 is 0 Å². The molecule has 0 aliphatic rings. The molecule has 1 heterocycles. The quantitative estimate of drug-likeness (QED) is 0.629. The van der Waals surface area contributed by atoms with Crippen LogP contribution in [0, 0.1) is 17.1 Å². The minimum Gasteiger partial charge on any atom is -0.439 e. The number of nitrogen functional groups attached to an aromatic ring is 1. The van der Waals surface area contributed by atoms with E-state index in [1.807, 2.05) is 0 Å². The average Bonchev–Trinajstić information content (AvgIpc) is 2.39. The zero-order valence-electron chi connectivity index (χ0n) is 9.09. The molecule has 2 aromatic rings. The number of hydrogen-bond donors (Lipinski definition) is 2. The summed E-state index contributed by atoms with van der Waals surface area (Å²) in [6.45, 7) is 0. The number of rotatable bonds is 3. The number of nitrogens with one attached hydrogen (secondary N) is 1. The van der Waals surface area contributed by atoms with Gasteiger partial charge >= 0.3 is 0 Å². The van der Waals surface area contributed by atoms with Crippen molar-refractivity contribution < 1.29 is 9.13 Å². The molecule has 1 aromatic heterocycles. The lowest BCUT2D eigenvalue weighted by Gasteiger charge is -2.06. The van der Waals surface area contributed by atoms with E-state index in [0.29, 0.717) is 5.82 Å². The van der Waals surface area contributed by atoms with Crippen molar-refractivity contribution >= 4 is 5.82 Å². The van der Waals surface area contributed by atoms with Gasteiger partial charge in [0.2, 0.25) is 5.88 Å². The molecule has 0 radical (unpaired) electrons. The van der Waals surface area contributed by atoms with E-state index in [9.17, 15) is 4.39 Å². The highest BCUT2D eigenvalue weighted by molar-refractivity contribution is 5.40. The molecule has 0 bridgehead atoms. The smallest absolute Gasteiger partial charge is 0.224 e. The number of nitrogens with zero attached hydrogens (tertiary/aromatic N) is 3. The molecule has 0 aliphatic carbocycles. The summed E-state index contributed by atoms with van der Waals surface area (Å²) in [6, 6.07) is 7.08. The van der Waals surface area contributed by atoms with Crippen LogP contribution in [-0.4, -0.2) is 9.97 Å². The molecule has 90 valence electrons. The average molecular weight is 245 g/mol. The Hall–Kier alpha value is -2.72. The molecule has 0 atom stereocenters. The largest absolute Gasteiger partial charge is 0.439 e. The molecular formula is C11H8FN5O. The lowest BCUT2D eigenvalue weighted by Crippen LogP contribution is -2.08. The first kappa shape index (κ1) is 11.8. The van der Waals surface area contributed by atoms with Gasteiger partial charge in [-0.3, -0.25) is 0 Å². The zero-order chi connectivity index (χ0) is 13.0. The number of ether oxygens (including phenoxy) is 1. The standard InChI is InChI=1S/C11H8FN5O/c12-9-3-8(2-1-7(9)5-13)18-11-4-10(17-14)15-6-16-11/h1-4,6H,14H2,(H,15,16,17). The molecule has 0 saturated heterocycles. The fourth-order valence-corrected chi connectivity index (χ4v) is 1.24. The van der Waals surface area contributed by atoms with Crippen LogP contribution < -0.4 is 16.0 Å². The third-order valence-corrected chi connectivity index (χ3v) is 2.07. The van der Waals surface area contributed by atoms with Crippen LogP contribution in [0.25, 0.3) is 0 Å². The Labute approximate surface area is 102 Å². The van der Waals surface area contributed by atoms with E-state index in [4.69, 9.17) is 15.8 Å². The number of hydrazine groups is 1. The summed E-state index contributed by atoms with van der Waals surface area (Å²) in [4.78, 5) is 7.64. The number of nitrogens with two attached hydrogens (primary N) is 1. The maximum Gasteiger partial charge on any atom is 0.224 e. The predicted octanol–water partition coefficient (Wildman–Crippen LogP) is 1.57. The van der Waals surface area contributed by atoms with Gasteiger partial charge in [-0.25, -0.2) is 20.2 Å². The van der Waals surface area contributed by atoms with Crippen molar-refractivity contribution in [1.29, 1.82) is 5.26 Å². The van der Waals surface area contributed by atoms with Crippen LogP contribution in [0.3, 0.4) is 0 Å². The minimum absolute atomic E-state index is 0.0469. The molecule has 0 amide bonds. The molecule has 0 saturated carbocycles. The Kier molecular flexibility index (Phi) is 3.31. The van der Waals surface area contributed by atoms with E-state index < -0.39 is 5.82 Å². The van der Waals surface area contributed by atoms with Crippen LogP contribution in [-0.2, 0) is 0 Å². The Balaban J connectivity index is 2.23. The first-order valence-corrected chi connectivity index (χ1v) is 4.89. The second-order valence-corrected chi connectivity index (χ2v) is 3.24. The Morgan fingerprint density at radius 3 is 2.83 bits per heavy atom. The molecule has 3 N–H and O–H groups in total. The number of hydrogen-bond acceptors (Lipinski definition) is 6. The highest BCUT2D eigenvalue weighted by atomic mass is 19.1. The van der Waals surface area contributed by atoms with Gasteiger partial charge in [0, 0.05) is 12.1 Å². The van der Waals surface area contributed by atoms with Gasteiger partial charge in [0.1, 0.15) is 29.8 Å². The molecule has 0 fully saturated rings. The summed E-state index contributed by atoms with van der Waals surface area (Å²) >= 11 is 0. The third kappa shape index (κ3) is 2.50. The van der Waals surface area contributed by atoms with Gasteiger partial charge in [0.25, 0.3) is 0 Å². The van der Waals surface area contributed by atoms with Gasteiger partial charge < -0.3 is 10.2 Å². The fourth-order valence-electron chi connectivity index (χ4n) is 1.24. The van der Waals surface area contributed by atoms with E-state index in [1.165, 1.54) is 24.5 Å². The lowest BCUT2D eigenvalue weighted by atomic mass is 10.2. The summed E-state index contributed by atoms with van der Waals surface area (Å²) in [5.41, 5.74) is 2.29. The summed E-state index contributed by atoms with van der Waals surface area (Å²) in [7, 11) is 0. The van der Waals surface area contributed by atoms with Gasteiger partial charge in [-0.1, -0.05) is 0 Å². The van der Waals surface area contributed by atoms with Crippen molar-refractivity contribution in [1.82, 2.24) is 9.97 Å². The Morgan fingerprint density at radius 2 is 2.17 bits per heavy atom. The molecule has 6 nitrogen and oxygen atoms in total. The Morgan fingerprint density at radius 1 is 1.33 bits per heavy atom. The summed E-state index contributed by atoms with van der Waals surface area (Å²) in [5.74, 6) is 5.34. The van der Waals surface area contributed by atoms with Gasteiger partial charge in [0.05, 0.1) is 5.56 Å².